The summed E-state index contributed by atoms with van der Waals surface area (Å²) in [4.78, 5) is 11.0. The van der Waals surface area contributed by atoms with Gasteiger partial charge in [-0.2, -0.15) is 0 Å². The van der Waals surface area contributed by atoms with Gasteiger partial charge in [0.2, 0.25) is 0 Å². The van der Waals surface area contributed by atoms with E-state index in [-0.39, 0.29) is 12.2 Å². The summed E-state index contributed by atoms with van der Waals surface area (Å²) < 4.78 is 0. The second kappa shape index (κ2) is 22.4. The van der Waals surface area contributed by atoms with E-state index in [4.69, 9.17) is 5.11 Å². The molecule has 0 rings (SSSR count). The van der Waals surface area contributed by atoms with Gasteiger partial charge < -0.3 is 10.2 Å². The van der Waals surface area contributed by atoms with E-state index in [1.807, 2.05) is 0 Å². The highest BCUT2D eigenvalue weighted by atomic mass is 16.5. The Bertz CT molecular complexity index is 545. The van der Waals surface area contributed by atoms with Crippen LogP contribution < -0.4 is 0 Å². The van der Waals surface area contributed by atoms with Gasteiger partial charge in [0.1, 0.15) is 0 Å². The Morgan fingerprint density at radius 1 is 0.750 bits per heavy atom. The van der Waals surface area contributed by atoms with Crippen molar-refractivity contribution in [3.8, 4) is 0 Å². The van der Waals surface area contributed by atoms with Crippen molar-refractivity contribution in [1.82, 2.24) is 0 Å². The summed E-state index contributed by atoms with van der Waals surface area (Å²) in [6.07, 6.45) is 30.1. The molecule has 0 amide bonds. The van der Waals surface area contributed by atoms with Gasteiger partial charge in [-0.1, -0.05) is 89.0 Å². The molecule has 0 spiro atoms. The van der Waals surface area contributed by atoms with E-state index in [1.54, 1.807) is 0 Å². The molecule has 0 saturated carbocycles. The van der Waals surface area contributed by atoms with Crippen molar-refractivity contribution in [2.75, 3.05) is 0 Å². The van der Waals surface area contributed by atoms with E-state index in [9.17, 15) is 9.90 Å². The molecule has 0 aromatic carbocycles. The van der Waals surface area contributed by atoms with E-state index in [0.717, 1.165) is 44.9 Å². The summed E-state index contributed by atoms with van der Waals surface area (Å²) in [5, 5.41) is 18.2. The third-order valence-electron chi connectivity index (χ3n) is 6.00. The summed E-state index contributed by atoms with van der Waals surface area (Å²) in [5.74, 6) is 0.615. The Kier molecular flexibility index (Phi) is 21.2. The third kappa shape index (κ3) is 20.2. The van der Waals surface area contributed by atoms with Crippen molar-refractivity contribution >= 4 is 5.97 Å². The van der Waals surface area contributed by atoms with Crippen LogP contribution in [-0.4, -0.2) is 16.2 Å². The normalized spacial score (nSPS) is 13.9. The van der Waals surface area contributed by atoms with Crippen molar-refractivity contribution in [3.05, 3.63) is 48.8 Å². The number of hydrogen-bond donors (Lipinski definition) is 2. The molecule has 0 aliphatic rings. The first-order valence-electron chi connectivity index (χ1n) is 13.1. The summed E-state index contributed by atoms with van der Waals surface area (Å²) in [7, 11) is 0. The van der Waals surface area contributed by atoms with Crippen LogP contribution in [0.2, 0.25) is 0 Å². The number of aliphatic carboxylic acids is 1. The van der Waals surface area contributed by atoms with Crippen LogP contribution in [0.4, 0.5) is 0 Å². The zero-order valence-corrected chi connectivity index (χ0v) is 20.9. The van der Waals surface area contributed by atoms with Crippen LogP contribution in [0.25, 0.3) is 0 Å². The van der Waals surface area contributed by atoms with E-state index in [0.29, 0.717) is 18.3 Å². The average molecular weight is 456 g/mol. The van der Waals surface area contributed by atoms with Crippen LogP contribution >= 0.6 is 0 Å². The Balaban J connectivity index is 4.89. The monoisotopic (exact) mass is 455 g/mol. The highest BCUT2D eigenvalue weighted by Crippen LogP contribution is 2.30. The maximum absolute atomic E-state index is 11.0. The summed E-state index contributed by atoms with van der Waals surface area (Å²) >= 11 is 0. The minimum Gasteiger partial charge on any atom is -0.513 e. The number of rotatable bonds is 22. The molecule has 0 saturated heterocycles. The van der Waals surface area contributed by atoms with E-state index < -0.39 is 5.97 Å². The molecule has 0 aliphatic carbocycles. The molecule has 0 aromatic rings. The molecule has 2 unspecified atom stereocenters. The van der Waals surface area contributed by atoms with Gasteiger partial charge in [-0.05, 0) is 69.6 Å². The third-order valence-corrected chi connectivity index (χ3v) is 6.00. The Morgan fingerprint density at radius 2 is 1.44 bits per heavy atom. The maximum atomic E-state index is 11.0. The zero-order chi connectivity index (χ0) is 23.9. The number of allylic oxidation sites excluding steroid dienone is 7. The minimum absolute atomic E-state index is 0.259. The highest BCUT2D eigenvalue weighted by Gasteiger charge is 2.18. The van der Waals surface area contributed by atoms with E-state index in [1.165, 1.54) is 44.9 Å². The maximum Gasteiger partial charge on any atom is 0.303 e. The highest BCUT2D eigenvalue weighted by molar-refractivity contribution is 5.66. The molecular formula is C29H50O3. The van der Waals surface area contributed by atoms with Gasteiger partial charge in [0, 0.05) is 12.8 Å². The molecule has 0 heterocycles. The molecular weight excluding hydrogens is 405 g/mol. The molecule has 32 heavy (non-hydrogen) atoms. The molecule has 2 N–H and O–H groups in total. The van der Waals surface area contributed by atoms with Crippen LogP contribution in [-0.2, 0) is 4.79 Å². The van der Waals surface area contributed by atoms with Crippen molar-refractivity contribution in [2.45, 2.75) is 117 Å². The van der Waals surface area contributed by atoms with Gasteiger partial charge in [-0.25, -0.2) is 0 Å². The van der Waals surface area contributed by atoms with Crippen LogP contribution in [0.3, 0.4) is 0 Å². The minimum atomic E-state index is -0.695. The van der Waals surface area contributed by atoms with E-state index >= 15 is 0 Å². The van der Waals surface area contributed by atoms with Gasteiger partial charge in [0.15, 0.2) is 0 Å². The molecule has 2 atom stereocenters. The first-order chi connectivity index (χ1) is 15.5. The van der Waals surface area contributed by atoms with Crippen LogP contribution in [0, 0.1) is 11.8 Å². The SMILES string of the molecule is C=[13C](O)C[13CH2]C/[13CH]=[13CH]/[13CH2]CC(C[13CH2]C[13CH2][13CH3])C(/C=C/C=C\CCCCC)CCC[13C](=O)O. The largest absolute Gasteiger partial charge is 0.513 e. The predicted octanol–water partition coefficient (Wildman–Crippen LogP) is 9.33. The fourth-order valence-corrected chi connectivity index (χ4v) is 4.07. The first kappa shape index (κ1) is 30.2. The van der Waals surface area contributed by atoms with Gasteiger partial charge in [0.25, 0.3) is 0 Å². The zero-order valence-electron chi connectivity index (χ0n) is 20.9. The molecule has 3 nitrogen and oxygen atoms in total. The summed E-state index contributed by atoms with van der Waals surface area (Å²) in [5.41, 5.74) is 0. The van der Waals surface area contributed by atoms with Crippen LogP contribution in [0.1, 0.15) is 117 Å². The quantitative estimate of drug-likeness (QED) is 0.0562. The molecule has 0 radical (unpaired) electrons. The fraction of sp³-hybridized carbons (Fsp3) is 0.690. The van der Waals surface area contributed by atoms with Crippen molar-refractivity contribution in [1.29, 1.82) is 0 Å². The van der Waals surface area contributed by atoms with Gasteiger partial charge in [-0.15, -0.1) is 0 Å². The summed E-state index contributed by atoms with van der Waals surface area (Å²) in [6, 6.07) is 0. The number of carbonyl (C=O) groups is 1. The lowest BCUT2D eigenvalue weighted by molar-refractivity contribution is -0.137. The number of hydrogen-bond acceptors (Lipinski definition) is 2. The van der Waals surface area contributed by atoms with Crippen LogP contribution in [0.15, 0.2) is 48.8 Å². The Labute approximate surface area is 198 Å². The van der Waals surface area contributed by atoms with Crippen molar-refractivity contribution in [2.24, 2.45) is 11.8 Å². The number of unbranched alkanes of at least 4 members (excludes halogenated alkanes) is 6. The Hall–Kier alpha value is -1.77. The number of aliphatic hydroxyl groups excluding tert-OH is 1. The second-order valence-electron chi connectivity index (χ2n) is 9.02. The standard InChI is InChI=1S/C29H50O3/c1-4-6-8-9-10-13-17-23-28(24-19-25-29(31)32)27(21-15-7-5-2)22-18-14-11-12-16-20-26(3)30/h10-11,13-14,17,23,27-28,30H,3-9,12,15-16,18-22,24-25H2,1-2H3,(H,31,32)/b13-10-,14-11+,23-17+/i2+1,5+1,11+1,14+1,15+1,16+1,18+1,26+1,29+1. The number of carboxylic acids is 1. The smallest absolute Gasteiger partial charge is 0.303 e. The average Bonchev–Trinajstić information content (AvgIpc) is 2.75. The van der Waals surface area contributed by atoms with Crippen LogP contribution in [0.5, 0.6) is 0 Å². The lowest BCUT2D eigenvalue weighted by atomic mass is 9.86. The van der Waals surface area contributed by atoms with Gasteiger partial charge in [0.05, 0.1) is 5.76 Å². The number of carboxylic acid groups (broad SMARTS) is 1. The fourth-order valence-electron chi connectivity index (χ4n) is 4.07. The van der Waals surface area contributed by atoms with Gasteiger partial charge in [-0.3, -0.25) is 4.79 Å². The second-order valence-corrected chi connectivity index (χ2v) is 9.02. The molecule has 0 fully saturated rings. The summed E-state index contributed by atoms with van der Waals surface area (Å²) in [6.45, 7) is 8.01. The predicted molar refractivity (Wildman–Crippen MR) is 139 cm³/mol. The molecule has 0 bridgehead atoms. The molecule has 3 heteroatoms. The lowest BCUT2D eigenvalue weighted by Crippen LogP contribution is -2.14. The Morgan fingerprint density at radius 3 is 2.12 bits per heavy atom. The molecule has 0 aliphatic heterocycles. The number of aliphatic hydroxyl groups is 1. The van der Waals surface area contributed by atoms with Crippen molar-refractivity contribution in [3.63, 3.8) is 0 Å². The van der Waals surface area contributed by atoms with Gasteiger partial charge >= 0.3 is 5.97 Å². The van der Waals surface area contributed by atoms with E-state index in [2.05, 4.69) is 56.9 Å². The molecule has 0 aromatic heterocycles. The molecule has 184 valence electrons. The topological polar surface area (TPSA) is 57.5 Å². The first-order valence-corrected chi connectivity index (χ1v) is 13.1. The lowest BCUT2D eigenvalue weighted by Gasteiger charge is -2.25. The van der Waals surface area contributed by atoms with Crippen molar-refractivity contribution < 1.29 is 15.0 Å².